The molecule has 5 nitrogen and oxygen atoms in total. The predicted octanol–water partition coefficient (Wildman–Crippen LogP) is 2.30. The fourth-order valence-electron chi connectivity index (χ4n) is 1.17. The lowest BCUT2D eigenvalue weighted by Crippen LogP contribution is -2.43. The minimum absolute atomic E-state index is 0.0668. The molecule has 1 aromatic rings. The number of rotatable bonds is 4. The van der Waals surface area contributed by atoms with E-state index < -0.39 is 47.4 Å². The van der Waals surface area contributed by atoms with Gasteiger partial charge in [0.2, 0.25) is 0 Å². The summed E-state index contributed by atoms with van der Waals surface area (Å²) in [6, 6.07) is -2.31. The number of amides is 1. The van der Waals surface area contributed by atoms with Gasteiger partial charge in [-0.2, -0.15) is 26.3 Å². The molecule has 2 N–H and O–H groups in total. The Morgan fingerprint density at radius 2 is 1.86 bits per heavy atom. The smallest absolute Gasteiger partial charge is 0.443 e. The van der Waals surface area contributed by atoms with Gasteiger partial charge in [-0.1, -0.05) is 0 Å². The molecule has 118 valence electrons. The van der Waals surface area contributed by atoms with Crippen LogP contribution in [-0.4, -0.2) is 34.2 Å². The molecule has 0 fully saturated rings. The first-order chi connectivity index (χ1) is 9.40. The van der Waals surface area contributed by atoms with Crippen LogP contribution in [0, 0.1) is 0 Å². The molecule has 1 atom stereocenters. The number of carbonyl (C=O) groups excluding carboxylic acids is 1. The fraction of sp³-hybridized carbons (Fsp3) is 0.444. The molecule has 1 heterocycles. The van der Waals surface area contributed by atoms with Crippen molar-refractivity contribution in [1.82, 2.24) is 10.3 Å². The molecule has 1 aromatic heterocycles. The van der Waals surface area contributed by atoms with Gasteiger partial charge in [-0.05, 0) is 0 Å². The number of hydrogen-bond acceptors (Lipinski definition) is 4. The first kappa shape index (κ1) is 17.2. The van der Waals surface area contributed by atoms with Gasteiger partial charge in [-0.3, -0.25) is 4.79 Å². The third-order valence-corrected chi connectivity index (χ3v) is 2.91. The summed E-state index contributed by atoms with van der Waals surface area (Å²) in [6.45, 7) is 0. The topological polar surface area (TPSA) is 79.3 Å². The summed E-state index contributed by atoms with van der Waals surface area (Å²) in [5.41, 5.74) is -0.805. The monoisotopic (exact) mass is 336 g/mol. The molecule has 0 aliphatic carbocycles. The Labute approximate surface area is 116 Å². The number of hydrogen-bond donors (Lipinski definition) is 2. The first-order valence-electron chi connectivity index (χ1n) is 5.03. The second-order valence-corrected chi connectivity index (χ2v) is 4.58. The number of aliphatic carboxylic acids is 1. The van der Waals surface area contributed by atoms with Gasteiger partial charge in [0.15, 0.2) is 5.01 Å². The van der Waals surface area contributed by atoms with Crippen LogP contribution in [0.2, 0.25) is 0 Å². The van der Waals surface area contributed by atoms with E-state index in [1.807, 2.05) is 0 Å². The highest BCUT2D eigenvalue weighted by molar-refractivity contribution is 7.09. The van der Waals surface area contributed by atoms with Crippen LogP contribution in [0.3, 0.4) is 0 Å². The number of halogens is 6. The Hall–Kier alpha value is -1.85. The van der Waals surface area contributed by atoms with Crippen molar-refractivity contribution in [3.8, 4) is 0 Å². The molecule has 0 saturated carbocycles. The van der Waals surface area contributed by atoms with Crippen LogP contribution < -0.4 is 5.32 Å². The molecule has 12 heteroatoms. The highest BCUT2D eigenvalue weighted by atomic mass is 32.1. The van der Waals surface area contributed by atoms with Crippen molar-refractivity contribution >= 4 is 23.2 Å². The summed E-state index contributed by atoms with van der Waals surface area (Å²) >= 11 is 0.0668. The maximum atomic E-state index is 12.3. The van der Waals surface area contributed by atoms with Gasteiger partial charge in [0.1, 0.15) is 11.7 Å². The van der Waals surface area contributed by atoms with E-state index in [0.29, 0.717) is 5.38 Å². The van der Waals surface area contributed by atoms with Crippen LogP contribution in [0.15, 0.2) is 5.38 Å². The van der Waals surface area contributed by atoms with Gasteiger partial charge >= 0.3 is 18.3 Å². The van der Waals surface area contributed by atoms with E-state index >= 15 is 0 Å². The zero-order valence-electron chi connectivity index (χ0n) is 9.75. The fourth-order valence-corrected chi connectivity index (χ4v) is 1.84. The number of carboxylic acids is 1. The number of alkyl halides is 6. The summed E-state index contributed by atoms with van der Waals surface area (Å²) < 4.78 is 73.1. The SMILES string of the molecule is O=C(NC(CC(F)(F)F)C(=O)O)c1csc(C(F)(F)F)n1. The van der Waals surface area contributed by atoms with Crippen LogP contribution in [0.5, 0.6) is 0 Å². The van der Waals surface area contributed by atoms with Crippen LogP contribution in [0.4, 0.5) is 26.3 Å². The van der Waals surface area contributed by atoms with Gasteiger partial charge in [0.25, 0.3) is 5.91 Å². The van der Waals surface area contributed by atoms with E-state index in [-0.39, 0.29) is 11.3 Å². The third kappa shape index (κ3) is 5.21. The molecule has 0 saturated heterocycles. The number of nitrogens with one attached hydrogen (secondary N) is 1. The van der Waals surface area contributed by atoms with Gasteiger partial charge < -0.3 is 10.4 Å². The quantitative estimate of drug-likeness (QED) is 0.827. The standard InChI is InChI=1S/C9H6F6N2O3S/c10-8(11,12)1-3(6(19)20)16-5(18)4-2-21-7(17-4)9(13,14)15/h2-3H,1H2,(H,16,18)(H,19,20). The maximum absolute atomic E-state index is 12.3. The number of nitrogens with zero attached hydrogens (tertiary/aromatic N) is 1. The van der Waals surface area contributed by atoms with Crippen molar-refractivity contribution in [2.45, 2.75) is 24.8 Å². The highest BCUT2D eigenvalue weighted by Gasteiger charge is 2.38. The zero-order chi connectivity index (χ0) is 16.4. The normalized spacial score (nSPS) is 13.8. The average Bonchev–Trinajstić information content (AvgIpc) is 2.74. The number of carbonyl (C=O) groups is 2. The summed E-state index contributed by atoms with van der Waals surface area (Å²) in [4.78, 5) is 24.9. The summed E-state index contributed by atoms with van der Waals surface area (Å²) in [5, 5.41) is 9.33. The highest BCUT2D eigenvalue weighted by Crippen LogP contribution is 2.31. The average molecular weight is 336 g/mol. The number of carboxylic acid groups (broad SMARTS) is 1. The van der Waals surface area contributed by atoms with Gasteiger partial charge in [-0.15, -0.1) is 11.3 Å². The minimum Gasteiger partial charge on any atom is -0.480 e. The van der Waals surface area contributed by atoms with Crippen molar-refractivity contribution in [2.24, 2.45) is 0 Å². The maximum Gasteiger partial charge on any atom is 0.443 e. The Balaban J connectivity index is 2.83. The van der Waals surface area contributed by atoms with E-state index in [0.717, 1.165) is 0 Å². The van der Waals surface area contributed by atoms with Crippen molar-refractivity contribution in [3.63, 3.8) is 0 Å². The Morgan fingerprint density at radius 3 is 2.24 bits per heavy atom. The summed E-state index contributed by atoms with van der Waals surface area (Å²) in [7, 11) is 0. The Kier molecular flexibility index (Phi) is 4.81. The summed E-state index contributed by atoms with van der Waals surface area (Å²) in [6.07, 6.45) is -11.5. The molecular formula is C9H6F6N2O3S. The second-order valence-electron chi connectivity index (χ2n) is 3.72. The molecule has 1 amide bonds. The molecule has 0 spiro atoms. The van der Waals surface area contributed by atoms with Crippen LogP contribution >= 0.6 is 11.3 Å². The van der Waals surface area contributed by atoms with Crippen LogP contribution in [0.25, 0.3) is 0 Å². The van der Waals surface area contributed by atoms with E-state index in [1.165, 1.54) is 5.32 Å². The van der Waals surface area contributed by atoms with E-state index in [2.05, 4.69) is 4.98 Å². The lowest BCUT2D eigenvalue weighted by Gasteiger charge is -2.15. The molecule has 21 heavy (non-hydrogen) atoms. The Morgan fingerprint density at radius 1 is 1.29 bits per heavy atom. The van der Waals surface area contributed by atoms with Crippen molar-refractivity contribution in [1.29, 1.82) is 0 Å². The minimum atomic E-state index is -4.87. The largest absolute Gasteiger partial charge is 0.480 e. The van der Waals surface area contributed by atoms with Gasteiger partial charge in [-0.25, -0.2) is 9.78 Å². The predicted molar refractivity (Wildman–Crippen MR) is 56.7 cm³/mol. The molecule has 0 radical (unpaired) electrons. The van der Waals surface area contributed by atoms with E-state index in [9.17, 15) is 35.9 Å². The molecular weight excluding hydrogens is 330 g/mol. The van der Waals surface area contributed by atoms with Crippen molar-refractivity contribution < 1.29 is 41.0 Å². The van der Waals surface area contributed by atoms with Crippen molar-refractivity contribution in [2.75, 3.05) is 0 Å². The molecule has 1 unspecified atom stereocenters. The molecule has 0 bridgehead atoms. The number of thiazole rings is 1. The zero-order valence-corrected chi connectivity index (χ0v) is 10.6. The molecule has 0 aliphatic rings. The number of aromatic nitrogens is 1. The molecule has 0 aromatic carbocycles. The third-order valence-electron chi connectivity index (χ3n) is 2.02. The molecule has 0 aliphatic heterocycles. The van der Waals surface area contributed by atoms with Gasteiger partial charge in [0, 0.05) is 5.38 Å². The van der Waals surface area contributed by atoms with E-state index in [1.54, 1.807) is 0 Å². The molecule has 1 rings (SSSR count). The summed E-state index contributed by atoms with van der Waals surface area (Å²) in [5.74, 6) is -3.40. The van der Waals surface area contributed by atoms with Gasteiger partial charge in [0.05, 0.1) is 6.42 Å². The van der Waals surface area contributed by atoms with Crippen molar-refractivity contribution in [3.05, 3.63) is 16.1 Å². The lowest BCUT2D eigenvalue weighted by molar-refractivity contribution is -0.157. The van der Waals surface area contributed by atoms with Crippen LogP contribution in [-0.2, 0) is 11.0 Å². The first-order valence-corrected chi connectivity index (χ1v) is 5.91. The van der Waals surface area contributed by atoms with E-state index in [4.69, 9.17) is 5.11 Å². The van der Waals surface area contributed by atoms with Crippen LogP contribution in [0.1, 0.15) is 21.9 Å². The second kappa shape index (κ2) is 5.87. The lowest BCUT2D eigenvalue weighted by atomic mass is 10.2. The Bertz CT molecular complexity index is 538.